The molecule has 2 aliphatic carbocycles. The van der Waals surface area contributed by atoms with Crippen molar-refractivity contribution in [2.24, 2.45) is 0 Å². The lowest BCUT2D eigenvalue weighted by Crippen LogP contribution is -2.07. The van der Waals surface area contributed by atoms with E-state index in [0.29, 0.717) is 50.1 Å². The SMILES string of the molecule is [C-]#[N+]/C(C#N)=C1/c2cc(-c3ccc(C(F)(F)F)nc3)ccc2-c2cc3c(cc21)-c1ccc(-c2ccc(C)nc2)cc1/C3=C(/C#N)[N+]#[C-]. The first-order valence-electron chi connectivity index (χ1n) is 14.2. The summed E-state index contributed by atoms with van der Waals surface area (Å²) in [6, 6.07) is 25.1. The van der Waals surface area contributed by atoms with Crippen molar-refractivity contribution in [1.82, 2.24) is 9.97 Å². The molecule has 7 rings (SSSR count). The van der Waals surface area contributed by atoms with Gasteiger partial charge < -0.3 is 0 Å². The van der Waals surface area contributed by atoms with E-state index in [2.05, 4.69) is 25.7 Å². The smallest absolute Gasteiger partial charge is 0.261 e. The molecule has 0 bridgehead atoms. The topological polar surface area (TPSA) is 82.1 Å². The van der Waals surface area contributed by atoms with Gasteiger partial charge in [-0.05, 0) is 99.0 Å². The third kappa shape index (κ3) is 4.55. The Labute approximate surface area is 267 Å². The number of aromatic nitrogens is 2. The van der Waals surface area contributed by atoms with E-state index in [9.17, 15) is 23.7 Å². The molecule has 0 spiro atoms. The molecule has 0 fully saturated rings. The summed E-state index contributed by atoms with van der Waals surface area (Å²) in [5, 5.41) is 20.0. The van der Waals surface area contributed by atoms with E-state index >= 15 is 0 Å². The van der Waals surface area contributed by atoms with Crippen LogP contribution in [0.5, 0.6) is 0 Å². The number of pyridine rings is 2. The molecule has 0 amide bonds. The van der Waals surface area contributed by atoms with E-state index in [1.54, 1.807) is 24.4 Å². The largest absolute Gasteiger partial charge is 0.433 e. The fraction of sp³-hybridized carbons (Fsp3) is 0.0526. The van der Waals surface area contributed by atoms with Gasteiger partial charge in [0.15, 0.2) is 0 Å². The Bertz CT molecular complexity index is 2390. The van der Waals surface area contributed by atoms with Crippen LogP contribution in [-0.4, -0.2) is 9.97 Å². The van der Waals surface area contributed by atoms with Crippen LogP contribution in [0.4, 0.5) is 13.2 Å². The van der Waals surface area contributed by atoms with Gasteiger partial charge >= 0.3 is 6.18 Å². The van der Waals surface area contributed by atoms with Crippen LogP contribution in [0.2, 0.25) is 0 Å². The second-order valence-corrected chi connectivity index (χ2v) is 11.0. The first kappa shape index (κ1) is 28.9. The Morgan fingerprint density at radius 2 is 1.04 bits per heavy atom. The van der Waals surface area contributed by atoms with E-state index < -0.39 is 11.9 Å². The summed E-state index contributed by atoms with van der Waals surface area (Å²) in [7, 11) is 0. The van der Waals surface area contributed by atoms with Gasteiger partial charge in [0.25, 0.3) is 11.4 Å². The Hall–Kier alpha value is -6.81. The molecule has 0 aliphatic heterocycles. The highest BCUT2D eigenvalue weighted by Crippen LogP contribution is 2.54. The fourth-order valence-corrected chi connectivity index (χ4v) is 6.23. The van der Waals surface area contributed by atoms with Crippen molar-refractivity contribution in [1.29, 1.82) is 10.5 Å². The normalized spacial score (nSPS) is 14.4. The van der Waals surface area contributed by atoms with Crippen LogP contribution in [0.15, 0.2) is 96.6 Å². The van der Waals surface area contributed by atoms with Gasteiger partial charge in [-0.15, -0.1) is 0 Å². The minimum Gasteiger partial charge on any atom is -0.261 e. The molecule has 2 aromatic heterocycles. The van der Waals surface area contributed by atoms with E-state index in [-0.39, 0.29) is 11.4 Å². The van der Waals surface area contributed by atoms with Crippen LogP contribution in [0, 0.1) is 42.7 Å². The van der Waals surface area contributed by atoms with Gasteiger partial charge in [-0.25, -0.2) is 20.2 Å². The highest BCUT2D eigenvalue weighted by molar-refractivity contribution is 6.11. The molecule has 0 radical (unpaired) electrons. The molecule has 3 aromatic carbocycles. The number of fused-ring (bicyclic) bond motifs is 6. The minimum absolute atomic E-state index is 0.0675. The number of aryl methyl sites for hydroxylation is 1. The monoisotopic (exact) mass is 614 g/mol. The molecule has 6 nitrogen and oxygen atoms in total. The van der Waals surface area contributed by atoms with Crippen molar-refractivity contribution in [2.75, 3.05) is 0 Å². The summed E-state index contributed by atoms with van der Waals surface area (Å²) >= 11 is 0. The maximum Gasteiger partial charge on any atom is 0.433 e. The zero-order valence-corrected chi connectivity index (χ0v) is 24.4. The number of alkyl halides is 3. The number of benzene rings is 3. The number of allylic oxidation sites excluding steroid dienone is 2. The van der Waals surface area contributed by atoms with Gasteiger partial charge in [0.1, 0.15) is 5.69 Å². The van der Waals surface area contributed by atoms with Crippen molar-refractivity contribution < 1.29 is 13.2 Å². The number of hydrogen-bond donors (Lipinski definition) is 0. The standard InChI is InChI=1S/C38H17F3N6/c1-20-4-5-23(18-46-20)21-6-9-25-27-14-32-28(15-31(27)36(29(25)12-21)33(16-42)44-2)26-10-7-22(13-30(26)37(32)34(17-43)45-3)24-8-11-35(47-19-24)38(39,40)41/h4-15,18-19H,1H3/b36-33+,37-34-. The van der Waals surface area contributed by atoms with Crippen LogP contribution in [0.25, 0.3) is 65.3 Å². The maximum absolute atomic E-state index is 13.1. The molecular formula is C38H17F3N6. The van der Waals surface area contributed by atoms with Gasteiger partial charge in [-0.3, -0.25) is 9.97 Å². The molecule has 0 N–H and O–H groups in total. The van der Waals surface area contributed by atoms with Crippen LogP contribution in [-0.2, 0) is 6.18 Å². The molecule has 47 heavy (non-hydrogen) atoms. The lowest BCUT2D eigenvalue weighted by molar-refractivity contribution is -0.141. The average Bonchev–Trinajstić information content (AvgIpc) is 3.56. The molecule has 0 saturated heterocycles. The van der Waals surface area contributed by atoms with Crippen LogP contribution >= 0.6 is 0 Å². The van der Waals surface area contributed by atoms with E-state index in [1.165, 1.54) is 6.07 Å². The molecule has 9 heteroatoms. The Morgan fingerprint density at radius 1 is 0.596 bits per heavy atom. The lowest BCUT2D eigenvalue weighted by Gasteiger charge is -2.09. The summed E-state index contributed by atoms with van der Waals surface area (Å²) < 4.78 is 39.4. The van der Waals surface area contributed by atoms with E-state index in [4.69, 9.17) is 13.1 Å². The third-order valence-electron chi connectivity index (χ3n) is 8.40. The molecular weight excluding hydrogens is 597 g/mol. The van der Waals surface area contributed by atoms with Crippen LogP contribution in [0.1, 0.15) is 33.6 Å². The Balaban J connectivity index is 1.44. The van der Waals surface area contributed by atoms with Crippen LogP contribution in [0.3, 0.4) is 0 Å². The van der Waals surface area contributed by atoms with Crippen molar-refractivity contribution >= 4 is 11.1 Å². The van der Waals surface area contributed by atoms with Gasteiger partial charge in [0, 0.05) is 40.4 Å². The lowest BCUT2D eigenvalue weighted by atomic mass is 9.95. The quantitative estimate of drug-likeness (QED) is 0.143. The minimum atomic E-state index is -4.57. The predicted molar refractivity (Wildman–Crippen MR) is 170 cm³/mol. The molecule has 0 unspecified atom stereocenters. The molecule has 220 valence electrons. The number of nitrogens with zero attached hydrogens (tertiary/aromatic N) is 6. The Kier molecular flexibility index (Phi) is 6.57. The zero-order valence-electron chi connectivity index (χ0n) is 24.4. The summed E-state index contributed by atoms with van der Waals surface area (Å²) in [6.45, 7) is 17.5. The number of hydrogen-bond acceptors (Lipinski definition) is 4. The average molecular weight is 615 g/mol. The summed E-state index contributed by atoms with van der Waals surface area (Å²) in [5.74, 6) is 0. The fourth-order valence-electron chi connectivity index (χ4n) is 6.23. The second-order valence-electron chi connectivity index (χ2n) is 11.0. The number of halogens is 3. The molecule has 2 aliphatic rings. The first-order valence-corrected chi connectivity index (χ1v) is 14.2. The first-order chi connectivity index (χ1) is 22.7. The van der Waals surface area contributed by atoms with Gasteiger partial charge in [-0.1, -0.05) is 36.4 Å². The maximum atomic E-state index is 13.1. The van der Waals surface area contributed by atoms with Crippen molar-refractivity contribution in [3.63, 3.8) is 0 Å². The van der Waals surface area contributed by atoms with Gasteiger partial charge in [0.05, 0.1) is 25.3 Å². The highest BCUT2D eigenvalue weighted by Gasteiger charge is 2.34. The van der Waals surface area contributed by atoms with E-state index in [0.717, 1.165) is 45.8 Å². The highest BCUT2D eigenvalue weighted by atomic mass is 19.4. The summed E-state index contributed by atoms with van der Waals surface area (Å²) in [4.78, 5) is 15.1. The van der Waals surface area contributed by atoms with Gasteiger partial charge in [0.2, 0.25) is 0 Å². The second kappa shape index (κ2) is 10.7. The summed E-state index contributed by atoms with van der Waals surface area (Å²) in [5.41, 5.74) is 8.88. The van der Waals surface area contributed by atoms with E-state index in [1.807, 2.05) is 55.5 Å². The van der Waals surface area contributed by atoms with Crippen molar-refractivity contribution in [2.45, 2.75) is 13.1 Å². The van der Waals surface area contributed by atoms with Crippen molar-refractivity contribution in [3.05, 3.63) is 153 Å². The summed E-state index contributed by atoms with van der Waals surface area (Å²) in [6.07, 6.45) is -1.66. The van der Waals surface area contributed by atoms with Crippen molar-refractivity contribution in [3.8, 4) is 56.6 Å². The zero-order chi connectivity index (χ0) is 33.0. The molecule has 0 atom stereocenters. The molecule has 0 saturated carbocycles. The predicted octanol–water partition coefficient (Wildman–Crippen LogP) is 9.50. The van der Waals surface area contributed by atoms with Gasteiger partial charge in [-0.2, -0.15) is 13.2 Å². The molecule has 5 aromatic rings. The Morgan fingerprint density at radius 3 is 1.43 bits per heavy atom. The third-order valence-corrected chi connectivity index (χ3v) is 8.40. The number of nitriles is 2. The number of rotatable bonds is 2. The molecule has 2 heterocycles. The van der Waals surface area contributed by atoms with Crippen LogP contribution < -0.4 is 0 Å².